The summed E-state index contributed by atoms with van der Waals surface area (Å²) in [4.78, 5) is 51.9. The fourth-order valence-corrected chi connectivity index (χ4v) is 13.9. The molecule has 10 rings (SSSR count). The fourth-order valence-electron chi connectivity index (χ4n) is 8.39. The first kappa shape index (κ1) is 95.0. The Morgan fingerprint density at radius 3 is 0.910 bits per heavy atom. The lowest BCUT2D eigenvalue weighted by molar-refractivity contribution is 0.0695. The summed E-state index contributed by atoms with van der Waals surface area (Å²) in [6.07, 6.45) is 1.59. The van der Waals surface area contributed by atoms with Gasteiger partial charge in [0.25, 0.3) is 58.5 Å². The van der Waals surface area contributed by atoms with Gasteiger partial charge in [0.05, 0.1) is 17.8 Å². The SMILES string of the molecule is Nc1cc(F)c(F)c(F)c1.O=C(Cl)c1ccc(F)c(S(=O)(=O)Cl)c1.O=C(Cl)c1ccc(F)c(S(=O)(=O)Cl)c1.O=C(Nc1cc(F)c(F)c(F)c1)c1ccc(F)c(S(=O)(=O)Cl)c1.O=C(Nc1cc(F)c(F)c(F)c1)c1ccc(F)c(S(=O)(=O)N2CCC(O)CC2)c1.O=C(O)c1ccc(F)c(S(=O)(=O)Cl)c1.OC1CCNCC1. The Balaban J connectivity index is 0.000000285. The lowest BCUT2D eigenvalue weighted by atomic mass is 10.1. The van der Waals surface area contributed by atoms with Crippen molar-refractivity contribution >= 4 is 157 Å². The molecule has 8 aromatic rings. The molecule has 2 fully saturated rings. The van der Waals surface area contributed by atoms with Gasteiger partial charge in [-0.3, -0.25) is 19.2 Å². The van der Waals surface area contributed by atoms with Crippen LogP contribution in [0.2, 0.25) is 0 Å². The topological polar surface area (TPSA) is 382 Å². The number of benzene rings is 8. The van der Waals surface area contributed by atoms with Gasteiger partial charge in [0.15, 0.2) is 52.4 Å². The second-order valence-electron chi connectivity index (χ2n) is 21.7. The molecule has 0 unspecified atom stereocenters. The summed E-state index contributed by atoms with van der Waals surface area (Å²) in [5, 5.41) is 32.4. The Labute approximate surface area is 647 Å². The van der Waals surface area contributed by atoms with Crippen LogP contribution in [0.5, 0.6) is 0 Å². The Morgan fingerprint density at radius 1 is 0.378 bits per heavy atom. The van der Waals surface area contributed by atoms with E-state index in [1.807, 2.05) is 5.32 Å². The molecule has 2 aliphatic heterocycles. The molecule has 23 nitrogen and oxygen atoms in total. The molecule has 8 aromatic carbocycles. The van der Waals surface area contributed by atoms with Crippen LogP contribution in [0.3, 0.4) is 0 Å². The minimum atomic E-state index is -4.43. The molecule has 2 aliphatic rings. The van der Waals surface area contributed by atoms with Gasteiger partial charge in [0, 0.05) is 132 Å². The highest BCUT2D eigenvalue weighted by molar-refractivity contribution is 8.14. The van der Waals surface area contributed by atoms with E-state index < -0.39 is 198 Å². The zero-order chi connectivity index (χ0) is 84.3. The molecule has 2 saturated heterocycles. The lowest BCUT2D eigenvalue weighted by Crippen LogP contribution is -2.40. The molecule has 602 valence electrons. The average molecular weight is 1800 g/mol. The predicted molar refractivity (Wildman–Crippen MR) is 373 cm³/mol. The van der Waals surface area contributed by atoms with Crippen LogP contribution in [0.1, 0.15) is 77.5 Å². The molecule has 0 aromatic heterocycles. The number of rotatable bonds is 13. The van der Waals surface area contributed by atoms with Crippen molar-refractivity contribution in [3.8, 4) is 0 Å². The van der Waals surface area contributed by atoms with Gasteiger partial charge < -0.3 is 37.0 Å². The Kier molecular flexibility index (Phi) is 35.0. The van der Waals surface area contributed by atoms with Gasteiger partial charge in [-0.25, -0.2) is 108 Å². The number of carboxylic acids is 1. The van der Waals surface area contributed by atoms with Crippen molar-refractivity contribution in [2.45, 2.75) is 62.4 Å². The lowest BCUT2D eigenvalue weighted by Gasteiger charge is -2.28. The number of carbonyl (C=O) groups excluding carboxylic acids is 4. The smallest absolute Gasteiger partial charge is 0.335 e. The first-order valence-electron chi connectivity index (χ1n) is 29.4. The number of carboxylic acid groups (broad SMARTS) is 1. The van der Waals surface area contributed by atoms with Crippen LogP contribution in [0, 0.1) is 81.4 Å². The number of sulfonamides is 1. The maximum atomic E-state index is 14.2. The van der Waals surface area contributed by atoms with E-state index in [1.165, 1.54) is 0 Å². The molecule has 2 amide bonds. The summed E-state index contributed by atoms with van der Waals surface area (Å²) < 4.78 is 295. The molecule has 0 saturated carbocycles. The van der Waals surface area contributed by atoms with E-state index in [2.05, 4.69) is 10.6 Å². The third kappa shape index (κ3) is 29.0. The second-order valence-corrected chi connectivity index (χ2v) is 34.4. The maximum absolute atomic E-state index is 14.2. The predicted octanol–water partition coefficient (Wildman–Crippen LogP) is 13.2. The number of aromatic carboxylic acids is 1. The summed E-state index contributed by atoms with van der Waals surface area (Å²) in [6, 6.07) is 16.1. The third-order valence-electron chi connectivity index (χ3n) is 13.8. The van der Waals surface area contributed by atoms with Crippen molar-refractivity contribution < 1.29 is 143 Å². The molecule has 0 radical (unpaired) electrons. The molecular weight excluding hydrogens is 1750 g/mol. The monoisotopic (exact) mass is 1800 g/mol. The summed E-state index contributed by atoms with van der Waals surface area (Å²) in [7, 11) is -1.63. The summed E-state index contributed by atoms with van der Waals surface area (Å²) in [6.45, 7) is 1.96. The van der Waals surface area contributed by atoms with Gasteiger partial charge in [0.2, 0.25) is 10.0 Å². The van der Waals surface area contributed by atoms with Gasteiger partial charge in [-0.2, -0.15) is 4.31 Å². The molecule has 8 N–H and O–H groups in total. The van der Waals surface area contributed by atoms with Crippen LogP contribution in [-0.4, -0.2) is 128 Å². The molecule has 0 atom stereocenters. The van der Waals surface area contributed by atoms with Gasteiger partial charge in [-0.05, 0) is 153 Å². The number of nitrogens with two attached hydrogens (primary N) is 1. The number of hydrogen-bond donors (Lipinski definition) is 7. The highest BCUT2D eigenvalue weighted by Crippen LogP contribution is 2.29. The summed E-state index contributed by atoms with van der Waals surface area (Å²) >= 11 is 10.2. The van der Waals surface area contributed by atoms with Crippen molar-refractivity contribution in [1.82, 2.24) is 9.62 Å². The van der Waals surface area contributed by atoms with Gasteiger partial charge >= 0.3 is 5.97 Å². The van der Waals surface area contributed by atoms with Crippen molar-refractivity contribution in [3.63, 3.8) is 0 Å². The molecule has 2 heterocycles. The van der Waals surface area contributed by atoms with E-state index in [4.69, 9.17) is 81.9 Å². The normalized spacial score (nSPS) is 13.3. The Morgan fingerprint density at radius 2 is 0.631 bits per heavy atom. The van der Waals surface area contributed by atoms with Gasteiger partial charge in [-0.15, -0.1) is 0 Å². The standard InChI is InChI=1S/C18H16F4N2O4S.C13H6ClF4NO3S.2C7H3Cl2FO3S.C7H4ClFO4S.C6H4F3N.C5H11NO/c19-13-2-1-10(18(26)23-11-8-14(20)17(22)15(21)9-11)7-16(13)29(27,28)24-5-3-12(25)4-6-24;14-23(21,22)11-3-6(1-2-8(11)15)13(20)19-7-4-9(16)12(18)10(17)5-7;2*8-7(11)4-1-2-5(10)6(3-4)14(9,12)13;8-14(12,13)6-3-4(7(10)11)1-2-5(6)9;7-4-1-3(10)2-5(8)6(4)9;7-5-1-3-6-4-2-5/h1-2,7-9,12,25H,3-6H2,(H,23,26);1-5H,(H,19,20);2*1-3H;1-3H,(H,10,11);1-2H,10H2;5-7H,1-4H2. The van der Waals surface area contributed by atoms with Crippen LogP contribution in [0.15, 0.2) is 152 Å². The molecule has 0 spiro atoms. The number of aliphatic hydroxyl groups is 2. The summed E-state index contributed by atoms with van der Waals surface area (Å²) in [5.41, 5.74) is 2.82. The van der Waals surface area contributed by atoms with Gasteiger partial charge in [0.1, 0.15) is 53.6 Å². The number of halogens is 20. The molecule has 0 bridgehead atoms. The maximum Gasteiger partial charge on any atom is 0.335 e. The number of nitrogens with zero attached hydrogens (tertiary/aromatic N) is 1. The van der Waals surface area contributed by atoms with E-state index >= 15 is 0 Å². The van der Waals surface area contributed by atoms with Crippen LogP contribution in [0.25, 0.3) is 0 Å². The minimum Gasteiger partial charge on any atom is -0.478 e. The average Bonchev–Trinajstić information content (AvgIpc) is 0.787. The molecule has 0 aliphatic carbocycles. The van der Waals surface area contributed by atoms with Crippen LogP contribution >= 0.6 is 65.9 Å². The number of nitrogens with one attached hydrogen (secondary N) is 3. The quantitative estimate of drug-likeness (QED) is 0.0244. The summed E-state index contributed by atoms with van der Waals surface area (Å²) in [5.74, 6) is -22.2. The minimum absolute atomic E-state index is 0.00645. The number of carbonyl (C=O) groups is 5. The number of anilines is 3. The van der Waals surface area contributed by atoms with E-state index in [0.717, 1.165) is 115 Å². The van der Waals surface area contributed by atoms with Crippen molar-refractivity contribution in [3.05, 3.63) is 237 Å². The Bertz CT molecular complexity index is 5170. The molecular formula is C63H47Cl6F14N5O18S5. The zero-order valence-corrected chi connectivity index (χ0v) is 63.1. The molecule has 111 heavy (non-hydrogen) atoms. The Hall–Kier alpha value is -8.34. The second kappa shape index (κ2) is 40.9. The highest BCUT2D eigenvalue weighted by atomic mass is 35.7. The van der Waals surface area contributed by atoms with Crippen LogP contribution < -0.4 is 21.7 Å². The van der Waals surface area contributed by atoms with Crippen LogP contribution in [-0.2, 0) is 46.2 Å². The van der Waals surface area contributed by atoms with E-state index in [-0.39, 0.29) is 65.5 Å². The van der Waals surface area contributed by atoms with E-state index in [0.29, 0.717) is 42.5 Å². The van der Waals surface area contributed by atoms with Crippen molar-refractivity contribution in [2.24, 2.45) is 0 Å². The first-order chi connectivity index (χ1) is 51.1. The third-order valence-corrected chi connectivity index (χ3v) is 21.5. The number of piperidine rings is 2. The molecule has 48 heteroatoms. The van der Waals surface area contributed by atoms with E-state index in [1.54, 1.807) is 0 Å². The van der Waals surface area contributed by atoms with Crippen molar-refractivity contribution in [1.29, 1.82) is 0 Å². The number of nitrogen functional groups attached to an aromatic ring is 1. The van der Waals surface area contributed by atoms with Gasteiger partial charge in [-0.1, -0.05) is 0 Å². The van der Waals surface area contributed by atoms with Crippen molar-refractivity contribution in [2.75, 3.05) is 42.5 Å². The number of amides is 2. The largest absolute Gasteiger partial charge is 0.478 e. The van der Waals surface area contributed by atoms with Crippen LogP contribution in [0.4, 0.5) is 78.5 Å². The first-order valence-corrected chi connectivity index (χ1v) is 40.9. The fraction of sp³-hybridized carbons (Fsp3) is 0.159. The van der Waals surface area contributed by atoms with E-state index in [9.17, 15) is 133 Å². The number of hydrogen-bond acceptors (Lipinski definition) is 19. The number of aliphatic hydroxyl groups excluding tert-OH is 2. The highest BCUT2D eigenvalue weighted by Gasteiger charge is 2.32. The zero-order valence-electron chi connectivity index (χ0n) is 54.5.